The van der Waals surface area contributed by atoms with Crippen molar-refractivity contribution in [2.45, 2.75) is 17.7 Å². The number of halogens is 1. The molecule has 150 valence electrons. The molecule has 4 rings (SSSR count). The molecule has 0 bridgehead atoms. The van der Waals surface area contributed by atoms with Crippen LogP contribution in [0, 0.1) is 0 Å². The van der Waals surface area contributed by atoms with Gasteiger partial charge < -0.3 is 9.08 Å². The van der Waals surface area contributed by atoms with Crippen LogP contribution in [-0.4, -0.2) is 31.1 Å². The lowest BCUT2D eigenvalue weighted by Gasteiger charge is -2.16. The van der Waals surface area contributed by atoms with Crippen LogP contribution in [0.15, 0.2) is 75.1 Å². The van der Waals surface area contributed by atoms with E-state index in [-0.39, 0.29) is 10.6 Å². The molecule has 3 aromatic rings. The number of anilines is 1. The second kappa shape index (κ2) is 8.00. The van der Waals surface area contributed by atoms with E-state index in [1.54, 1.807) is 18.3 Å². The molecule has 1 aliphatic rings. The fraction of sp³-hybridized carbons (Fsp3) is 0.200. The minimum Gasteiger partial charge on any atom is -0.379 e. The summed E-state index contributed by atoms with van der Waals surface area (Å²) in [6, 6.07) is 12.3. The fourth-order valence-corrected chi connectivity index (χ4v) is 4.34. The van der Waals surface area contributed by atoms with Crippen LogP contribution in [0.5, 0.6) is 5.75 Å². The first-order valence-electron chi connectivity index (χ1n) is 9.06. The van der Waals surface area contributed by atoms with Gasteiger partial charge in [-0.15, -0.1) is 0 Å². The van der Waals surface area contributed by atoms with Gasteiger partial charge in [-0.1, -0.05) is 15.9 Å². The van der Waals surface area contributed by atoms with E-state index in [4.69, 9.17) is 4.18 Å². The molecule has 1 saturated heterocycles. The first-order valence-corrected chi connectivity index (χ1v) is 11.3. The van der Waals surface area contributed by atoms with Crippen LogP contribution in [0.3, 0.4) is 0 Å². The molecule has 1 fully saturated rings. The van der Waals surface area contributed by atoms with Gasteiger partial charge in [-0.2, -0.15) is 8.42 Å². The van der Waals surface area contributed by atoms with Crippen molar-refractivity contribution in [3.05, 3.63) is 75.8 Å². The molecule has 2 aromatic heterocycles. The minimum absolute atomic E-state index is 0.00609. The lowest BCUT2D eigenvalue weighted by molar-refractivity contribution is 0.485. The molecule has 0 N–H and O–H groups in total. The van der Waals surface area contributed by atoms with E-state index in [2.05, 4.69) is 25.8 Å². The predicted octanol–water partition coefficient (Wildman–Crippen LogP) is 3.36. The van der Waals surface area contributed by atoms with Gasteiger partial charge in [0.1, 0.15) is 16.5 Å². The van der Waals surface area contributed by atoms with Crippen LogP contribution < -0.4 is 14.6 Å². The van der Waals surface area contributed by atoms with Crippen LogP contribution in [-0.2, 0) is 10.1 Å². The Morgan fingerprint density at radius 2 is 1.72 bits per heavy atom. The lowest BCUT2D eigenvalue weighted by atomic mass is 10.3. The molecule has 0 spiro atoms. The van der Waals surface area contributed by atoms with E-state index in [0.29, 0.717) is 5.69 Å². The number of hydrogen-bond acceptors (Lipinski definition) is 6. The van der Waals surface area contributed by atoms with Gasteiger partial charge in [0.15, 0.2) is 0 Å². The zero-order valence-corrected chi connectivity index (χ0v) is 17.8. The van der Waals surface area contributed by atoms with E-state index in [9.17, 15) is 13.2 Å². The van der Waals surface area contributed by atoms with Gasteiger partial charge >= 0.3 is 10.1 Å². The molecule has 7 nitrogen and oxygen atoms in total. The van der Waals surface area contributed by atoms with Gasteiger partial charge in [-0.05, 0) is 55.3 Å². The van der Waals surface area contributed by atoms with Crippen LogP contribution >= 0.6 is 15.9 Å². The third-order valence-electron chi connectivity index (χ3n) is 4.64. The summed E-state index contributed by atoms with van der Waals surface area (Å²) in [7, 11) is -4.03. The van der Waals surface area contributed by atoms with Crippen molar-refractivity contribution >= 4 is 31.9 Å². The minimum atomic E-state index is -4.03. The van der Waals surface area contributed by atoms with Crippen LogP contribution in [0.4, 0.5) is 5.82 Å². The molecule has 0 unspecified atom stereocenters. The van der Waals surface area contributed by atoms with Gasteiger partial charge in [0, 0.05) is 29.8 Å². The van der Waals surface area contributed by atoms with Gasteiger partial charge in [-0.25, -0.2) is 4.98 Å². The molecule has 0 aliphatic carbocycles. The second-order valence-electron chi connectivity index (χ2n) is 6.63. The summed E-state index contributed by atoms with van der Waals surface area (Å²) in [6.07, 6.45) is 5.43. The van der Waals surface area contributed by atoms with Gasteiger partial charge in [-0.3, -0.25) is 9.36 Å². The van der Waals surface area contributed by atoms with Crippen molar-refractivity contribution < 1.29 is 12.6 Å². The van der Waals surface area contributed by atoms with Gasteiger partial charge in [0.05, 0.1) is 11.9 Å². The largest absolute Gasteiger partial charge is 0.379 e. The Bertz CT molecular complexity index is 1170. The first-order chi connectivity index (χ1) is 13.9. The summed E-state index contributed by atoms with van der Waals surface area (Å²) in [4.78, 5) is 19.1. The highest BCUT2D eigenvalue weighted by Crippen LogP contribution is 2.21. The van der Waals surface area contributed by atoms with E-state index in [1.807, 2.05) is 12.1 Å². The molecular formula is C20H18BrN3O4S. The average molecular weight is 476 g/mol. The van der Waals surface area contributed by atoms with Crippen molar-refractivity contribution in [1.82, 2.24) is 9.55 Å². The zero-order valence-electron chi connectivity index (χ0n) is 15.4. The number of hydrogen-bond donors (Lipinski definition) is 0. The highest BCUT2D eigenvalue weighted by Gasteiger charge is 2.17. The quantitative estimate of drug-likeness (QED) is 0.526. The topological polar surface area (TPSA) is 81.5 Å². The van der Waals surface area contributed by atoms with Crippen LogP contribution in [0.1, 0.15) is 12.8 Å². The molecular weight excluding hydrogens is 458 g/mol. The first kappa shape index (κ1) is 19.7. The lowest BCUT2D eigenvalue weighted by Crippen LogP contribution is -2.20. The number of aromatic nitrogens is 2. The van der Waals surface area contributed by atoms with E-state index >= 15 is 0 Å². The standard InChI is InChI=1S/C20H18BrN3O4S/c21-15-3-6-18(7-4-15)29(26,27)28-17-9-12-24(20(25)13-17)16-5-8-19(22-14-16)23-10-1-2-11-23/h3-9,12-14H,1-2,10-11H2. The van der Waals surface area contributed by atoms with Crippen molar-refractivity contribution in [1.29, 1.82) is 0 Å². The van der Waals surface area contributed by atoms with Gasteiger partial charge in [0.2, 0.25) is 0 Å². The third kappa shape index (κ3) is 4.35. The summed E-state index contributed by atoms with van der Waals surface area (Å²) in [6.45, 7) is 1.98. The van der Waals surface area contributed by atoms with E-state index in [0.717, 1.165) is 42.3 Å². The molecule has 3 heterocycles. The number of pyridine rings is 2. The highest BCUT2D eigenvalue weighted by molar-refractivity contribution is 9.10. The predicted molar refractivity (Wildman–Crippen MR) is 113 cm³/mol. The molecule has 9 heteroatoms. The zero-order chi connectivity index (χ0) is 20.4. The maximum absolute atomic E-state index is 12.5. The normalized spacial score (nSPS) is 14.2. The summed E-state index contributed by atoms with van der Waals surface area (Å²) in [5, 5.41) is 0. The van der Waals surface area contributed by atoms with Crippen molar-refractivity contribution in [2.75, 3.05) is 18.0 Å². The Morgan fingerprint density at radius 1 is 1.00 bits per heavy atom. The maximum Gasteiger partial charge on any atom is 0.339 e. The Kier molecular flexibility index (Phi) is 5.42. The summed E-state index contributed by atoms with van der Waals surface area (Å²) in [5.74, 6) is 0.843. The Labute approximate surface area is 176 Å². The molecule has 0 radical (unpaired) electrons. The molecule has 1 aromatic carbocycles. The van der Waals surface area contributed by atoms with Crippen molar-refractivity contribution in [2.24, 2.45) is 0 Å². The maximum atomic E-state index is 12.5. The number of benzene rings is 1. The van der Waals surface area contributed by atoms with Gasteiger partial charge in [0.25, 0.3) is 5.56 Å². The molecule has 29 heavy (non-hydrogen) atoms. The molecule has 0 atom stereocenters. The van der Waals surface area contributed by atoms with E-state index in [1.165, 1.54) is 29.0 Å². The van der Waals surface area contributed by atoms with Crippen LogP contribution in [0.25, 0.3) is 5.69 Å². The number of nitrogens with zero attached hydrogens (tertiary/aromatic N) is 3. The summed E-state index contributed by atoms with van der Waals surface area (Å²) >= 11 is 3.25. The summed E-state index contributed by atoms with van der Waals surface area (Å²) < 4.78 is 32.0. The SMILES string of the molecule is O=c1cc(OS(=O)(=O)c2ccc(Br)cc2)ccn1-c1ccc(N2CCCC2)nc1. The Hall–Kier alpha value is -2.65. The third-order valence-corrected chi connectivity index (χ3v) is 6.43. The monoisotopic (exact) mass is 475 g/mol. The second-order valence-corrected chi connectivity index (χ2v) is 9.09. The van der Waals surface area contributed by atoms with Crippen molar-refractivity contribution in [3.8, 4) is 11.4 Å². The van der Waals surface area contributed by atoms with Crippen molar-refractivity contribution in [3.63, 3.8) is 0 Å². The average Bonchev–Trinajstić information content (AvgIpc) is 3.23. The highest BCUT2D eigenvalue weighted by atomic mass is 79.9. The summed E-state index contributed by atoms with van der Waals surface area (Å²) in [5.41, 5.74) is 0.185. The molecule has 0 saturated carbocycles. The Balaban J connectivity index is 1.55. The molecule has 1 aliphatic heterocycles. The van der Waals surface area contributed by atoms with Crippen LogP contribution in [0.2, 0.25) is 0 Å². The smallest absolute Gasteiger partial charge is 0.339 e. The number of rotatable bonds is 5. The fourth-order valence-electron chi connectivity index (χ4n) is 3.16. The molecule has 0 amide bonds. The Morgan fingerprint density at radius 3 is 2.34 bits per heavy atom. The van der Waals surface area contributed by atoms with E-state index < -0.39 is 15.7 Å².